The van der Waals surface area contributed by atoms with Crippen LogP contribution in [-0.2, 0) is 33.3 Å². The summed E-state index contributed by atoms with van der Waals surface area (Å²) in [6.45, 7) is 2.97. The van der Waals surface area contributed by atoms with Gasteiger partial charge in [0.2, 0.25) is 12.4 Å². The molecule has 5 atom stereocenters. The lowest BCUT2D eigenvalue weighted by Crippen LogP contribution is -2.61. The van der Waals surface area contributed by atoms with Crippen LogP contribution in [0, 0.1) is 0 Å². The molecule has 136 valence electrons. The van der Waals surface area contributed by atoms with E-state index in [-0.39, 0.29) is 6.54 Å². The molecular formula is C12H16N6O7. The van der Waals surface area contributed by atoms with Gasteiger partial charge in [0, 0.05) is 30.6 Å². The first-order chi connectivity index (χ1) is 11.8. The van der Waals surface area contributed by atoms with Crippen molar-refractivity contribution in [2.24, 2.45) is 10.2 Å². The first kappa shape index (κ1) is 20.0. The standard InChI is InChI=1S/C12H16N6O7/c1-5(19)22-10-9(16-18-14)8(4-15-17-13)25-12(24-7(3)21)11(10)23-6(2)20/h8-12H,4H2,1-3H3/t8-,9-,10+,11-,12+/m1/s1. The number of nitrogens with zero attached hydrogens (tertiary/aromatic N) is 6. The Balaban J connectivity index is 3.31. The third-order valence-corrected chi connectivity index (χ3v) is 3.01. The molecule has 1 heterocycles. The zero-order chi connectivity index (χ0) is 19.0. The smallest absolute Gasteiger partial charge is 0.305 e. The lowest BCUT2D eigenvalue weighted by molar-refractivity contribution is -0.269. The average molecular weight is 356 g/mol. The van der Waals surface area contributed by atoms with Gasteiger partial charge in [0.05, 0.1) is 12.6 Å². The number of esters is 3. The van der Waals surface area contributed by atoms with Crippen molar-refractivity contribution < 1.29 is 33.3 Å². The van der Waals surface area contributed by atoms with E-state index in [1.807, 2.05) is 0 Å². The Morgan fingerprint density at radius 1 is 0.960 bits per heavy atom. The Morgan fingerprint density at radius 3 is 2.00 bits per heavy atom. The van der Waals surface area contributed by atoms with E-state index in [9.17, 15) is 14.4 Å². The van der Waals surface area contributed by atoms with Crippen molar-refractivity contribution in [3.63, 3.8) is 0 Å². The van der Waals surface area contributed by atoms with Crippen LogP contribution in [0.5, 0.6) is 0 Å². The second-order valence-corrected chi connectivity index (χ2v) is 4.91. The summed E-state index contributed by atoms with van der Waals surface area (Å²) < 4.78 is 20.5. The molecule has 13 nitrogen and oxygen atoms in total. The Labute approximate surface area is 141 Å². The quantitative estimate of drug-likeness (QED) is 0.224. The highest BCUT2D eigenvalue weighted by Gasteiger charge is 2.50. The van der Waals surface area contributed by atoms with Crippen LogP contribution in [0.15, 0.2) is 10.2 Å². The SMILES string of the molecule is CC(=O)O[C@H]1O[C@H](CN=[N+]=[N-])[C@@H](N=[N+]=[N-])[C@H](OC(C)=O)[C@H]1OC(C)=O. The maximum absolute atomic E-state index is 11.4. The van der Waals surface area contributed by atoms with Crippen molar-refractivity contribution in [3.05, 3.63) is 20.9 Å². The largest absolute Gasteiger partial charge is 0.458 e. The predicted octanol–water partition coefficient (Wildman–Crippen LogP) is 1.13. The number of carbonyl (C=O) groups excluding carboxylic acids is 3. The number of hydrogen-bond donors (Lipinski definition) is 0. The molecule has 0 amide bonds. The van der Waals surface area contributed by atoms with Crippen molar-refractivity contribution in [1.82, 2.24) is 0 Å². The van der Waals surface area contributed by atoms with Gasteiger partial charge in [-0.1, -0.05) is 10.2 Å². The van der Waals surface area contributed by atoms with Gasteiger partial charge in [-0.2, -0.15) is 0 Å². The highest BCUT2D eigenvalue weighted by Crippen LogP contribution is 2.29. The monoisotopic (exact) mass is 356 g/mol. The van der Waals surface area contributed by atoms with E-state index in [1.165, 1.54) is 0 Å². The van der Waals surface area contributed by atoms with E-state index < -0.39 is 48.6 Å². The molecule has 0 aliphatic carbocycles. The molecule has 0 spiro atoms. The summed E-state index contributed by atoms with van der Waals surface area (Å²) in [6.07, 6.45) is -5.21. The third kappa shape index (κ3) is 5.84. The number of hydrogen-bond acceptors (Lipinski definition) is 9. The fourth-order valence-corrected chi connectivity index (χ4v) is 2.26. The Hall–Kier alpha value is -3.01. The third-order valence-electron chi connectivity index (χ3n) is 3.01. The number of azide groups is 2. The summed E-state index contributed by atoms with van der Waals surface area (Å²) in [5.41, 5.74) is 17.2. The fourth-order valence-electron chi connectivity index (χ4n) is 2.26. The maximum Gasteiger partial charge on any atom is 0.305 e. The molecule has 0 N–H and O–H groups in total. The molecule has 1 saturated heterocycles. The Kier molecular flexibility index (Phi) is 7.47. The van der Waals surface area contributed by atoms with Crippen molar-refractivity contribution in [3.8, 4) is 0 Å². The summed E-state index contributed by atoms with van der Waals surface area (Å²) in [7, 11) is 0. The minimum Gasteiger partial charge on any atom is -0.458 e. The molecule has 1 aliphatic heterocycles. The molecule has 1 rings (SSSR count). The predicted molar refractivity (Wildman–Crippen MR) is 78.5 cm³/mol. The topological polar surface area (TPSA) is 186 Å². The van der Waals surface area contributed by atoms with E-state index in [4.69, 9.17) is 30.0 Å². The minimum atomic E-state index is -1.45. The second kappa shape index (κ2) is 9.33. The van der Waals surface area contributed by atoms with Gasteiger partial charge in [-0.05, 0) is 11.1 Å². The van der Waals surface area contributed by atoms with E-state index in [0.717, 1.165) is 20.8 Å². The maximum atomic E-state index is 11.4. The molecule has 0 aromatic heterocycles. The van der Waals surface area contributed by atoms with Crippen LogP contribution in [0.1, 0.15) is 20.8 Å². The molecule has 1 aliphatic rings. The van der Waals surface area contributed by atoms with E-state index in [2.05, 4.69) is 20.1 Å². The van der Waals surface area contributed by atoms with Crippen LogP contribution in [-0.4, -0.2) is 55.1 Å². The summed E-state index contributed by atoms with van der Waals surface area (Å²) in [6, 6.07) is -1.18. The Bertz CT molecular complexity index is 627. The van der Waals surface area contributed by atoms with Gasteiger partial charge in [-0.3, -0.25) is 14.4 Å². The Morgan fingerprint density at radius 2 is 1.52 bits per heavy atom. The van der Waals surface area contributed by atoms with Crippen molar-refractivity contribution >= 4 is 17.9 Å². The number of ether oxygens (including phenoxy) is 4. The zero-order valence-corrected chi connectivity index (χ0v) is 13.6. The molecule has 0 saturated carbocycles. The van der Waals surface area contributed by atoms with E-state index in [0.29, 0.717) is 0 Å². The van der Waals surface area contributed by atoms with E-state index >= 15 is 0 Å². The number of carbonyl (C=O) groups is 3. The van der Waals surface area contributed by atoms with Gasteiger partial charge in [0.15, 0.2) is 6.10 Å². The molecule has 0 radical (unpaired) electrons. The molecule has 13 heteroatoms. The fraction of sp³-hybridized carbons (Fsp3) is 0.750. The molecule has 0 bridgehead atoms. The molecule has 0 aromatic carbocycles. The molecule has 25 heavy (non-hydrogen) atoms. The van der Waals surface area contributed by atoms with Gasteiger partial charge in [0.25, 0.3) is 0 Å². The molecule has 1 fully saturated rings. The van der Waals surface area contributed by atoms with Gasteiger partial charge >= 0.3 is 17.9 Å². The van der Waals surface area contributed by atoms with Gasteiger partial charge in [0.1, 0.15) is 6.04 Å². The van der Waals surface area contributed by atoms with Crippen LogP contribution in [0.3, 0.4) is 0 Å². The number of rotatable bonds is 6. The summed E-state index contributed by atoms with van der Waals surface area (Å²) in [5.74, 6) is -2.28. The van der Waals surface area contributed by atoms with Crippen LogP contribution in [0.25, 0.3) is 20.9 Å². The lowest BCUT2D eigenvalue weighted by atomic mass is 9.96. The highest BCUT2D eigenvalue weighted by molar-refractivity contribution is 5.68. The first-order valence-corrected chi connectivity index (χ1v) is 7.02. The van der Waals surface area contributed by atoms with Crippen molar-refractivity contribution in [1.29, 1.82) is 0 Å². The summed E-state index contributed by atoms with van der Waals surface area (Å²) in [4.78, 5) is 39.3. The zero-order valence-electron chi connectivity index (χ0n) is 13.6. The van der Waals surface area contributed by atoms with Gasteiger partial charge < -0.3 is 18.9 Å². The van der Waals surface area contributed by atoms with Crippen LogP contribution in [0.4, 0.5) is 0 Å². The lowest BCUT2D eigenvalue weighted by Gasteiger charge is -2.42. The second-order valence-electron chi connectivity index (χ2n) is 4.91. The molecule has 0 aromatic rings. The summed E-state index contributed by atoms with van der Waals surface area (Å²) >= 11 is 0. The van der Waals surface area contributed by atoms with Gasteiger partial charge in [-0.25, -0.2) is 0 Å². The van der Waals surface area contributed by atoms with Crippen LogP contribution in [0.2, 0.25) is 0 Å². The highest BCUT2D eigenvalue weighted by atomic mass is 16.7. The van der Waals surface area contributed by atoms with Crippen LogP contribution < -0.4 is 0 Å². The van der Waals surface area contributed by atoms with E-state index in [1.54, 1.807) is 0 Å². The average Bonchev–Trinajstić information content (AvgIpc) is 2.50. The summed E-state index contributed by atoms with van der Waals surface area (Å²) in [5, 5.41) is 6.81. The van der Waals surface area contributed by atoms with Crippen LogP contribution >= 0.6 is 0 Å². The van der Waals surface area contributed by atoms with Crippen molar-refractivity contribution in [2.45, 2.75) is 51.4 Å². The van der Waals surface area contributed by atoms with Gasteiger partial charge in [-0.15, -0.1) is 0 Å². The molecular weight excluding hydrogens is 340 g/mol. The minimum absolute atomic E-state index is 0.303. The first-order valence-electron chi connectivity index (χ1n) is 7.02. The molecule has 0 unspecified atom stereocenters. The van der Waals surface area contributed by atoms with Crippen molar-refractivity contribution in [2.75, 3.05) is 6.54 Å². The normalized spacial score (nSPS) is 27.9.